The molecule has 17 aliphatic rings. The van der Waals surface area contributed by atoms with Crippen molar-refractivity contribution in [3.05, 3.63) is 102 Å². The molecular weight excluding hydrogens is 713 g/mol. The monoisotopic (exact) mass is 760 g/mol. The molecule has 0 N–H and O–H groups in total. The number of carbonyl (C=O) groups is 1. The van der Waals surface area contributed by atoms with E-state index in [0.29, 0.717) is 52.1 Å². The first kappa shape index (κ1) is 28.9. The Kier molecular flexibility index (Phi) is 3.96. The number of allylic oxidation sites excluding steroid dienone is 8. The number of hydrogen-bond acceptors (Lipinski definition) is 2. The molecule has 0 amide bonds. The molecule has 2 aromatic rings. The van der Waals surface area contributed by atoms with Crippen LogP contribution in [0, 0.1) is 76.9 Å². The summed E-state index contributed by atoms with van der Waals surface area (Å²) in [6.45, 7) is 2.85. The summed E-state index contributed by atoms with van der Waals surface area (Å²) < 4.78 is 7.07. The summed E-state index contributed by atoms with van der Waals surface area (Å²) in [7, 11) is -2.53. The van der Waals surface area contributed by atoms with Crippen molar-refractivity contribution in [2.75, 3.05) is 12.4 Å². The minimum atomic E-state index is -2.53. The van der Waals surface area contributed by atoms with Crippen LogP contribution in [0.3, 0.4) is 0 Å². The van der Waals surface area contributed by atoms with Gasteiger partial charge in [-0.3, -0.25) is 4.79 Å². The molecule has 2 nitrogen and oxygen atoms in total. The average Bonchev–Trinajstić information content (AvgIpc) is 3.65. The summed E-state index contributed by atoms with van der Waals surface area (Å²) in [5.41, 5.74) is 24.5. The van der Waals surface area contributed by atoms with Crippen molar-refractivity contribution in [2.45, 2.75) is 97.7 Å². The first-order valence-corrected chi connectivity index (χ1v) is 26.2. The summed E-state index contributed by atoms with van der Waals surface area (Å²) in [6, 6.07) is 12.3. The highest BCUT2D eigenvalue weighted by Gasteiger charge is 3.31. The van der Waals surface area contributed by atoms with E-state index in [1.165, 1.54) is 51.4 Å². The average molecular weight is 761 g/mol. The lowest BCUT2D eigenvalue weighted by atomic mass is 9.51. The summed E-state index contributed by atoms with van der Waals surface area (Å²) >= 11 is 0. The first-order valence-electron chi connectivity index (χ1n) is 23.8. The molecule has 3 heteroatoms. The molecule has 0 aromatic heterocycles. The molecule has 282 valence electrons. The second-order valence-corrected chi connectivity index (χ2v) is 28.4. The van der Waals surface area contributed by atoms with Crippen molar-refractivity contribution < 1.29 is 9.53 Å². The standard InChI is InChI=1S/C54H48O2S/c1-2-3-4-8-18-56-32(55)12-9-17-52(26-10-6-5-7-11-26)54-51-31-21-30-28-15-13-23-19-25-20-29-27-16-14-24-22-57(52,54)50-35(24)37(27)43-38(29)34(25)41-33(23)36(28)42-39(30)40(31)49(53(51,54)57)47-45(42)44(41)46(43)48(47)50/h5-7,10-11,20,23-24,27-29,33-38,51,57H,2-4,8-9,12,14,16-19,21-22H2,1H3. The van der Waals surface area contributed by atoms with Crippen molar-refractivity contribution in [1.29, 1.82) is 0 Å². The summed E-state index contributed by atoms with van der Waals surface area (Å²) in [5, 5.41) is 3.67. The predicted molar refractivity (Wildman–Crippen MR) is 224 cm³/mol. The molecule has 13 aliphatic carbocycles. The first-order chi connectivity index (χ1) is 28.2. The van der Waals surface area contributed by atoms with E-state index < -0.39 is 9.16 Å². The summed E-state index contributed by atoms with van der Waals surface area (Å²) in [4.78, 5) is 15.7. The normalized spacial score (nSPS) is 49.8. The number of fused-ring (bicyclic) bond motifs is 3. The lowest BCUT2D eigenvalue weighted by Crippen LogP contribution is -2.44. The van der Waals surface area contributed by atoms with Crippen LogP contribution in [0.25, 0.3) is 22.3 Å². The van der Waals surface area contributed by atoms with Crippen LogP contribution in [0.5, 0.6) is 0 Å². The maximum absolute atomic E-state index is 13.5. The molecule has 57 heavy (non-hydrogen) atoms. The Morgan fingerprint density at radius 3 is 2.74 bits per heavy atom. The number of benzene rings is 2. The van der Waals surface area contributed by atoms with Gasteiger partial charge in [0.1, 0.15) is 0 Å². The molecule has 15 atom stereocenters. The number of ether oxygens (including phenoxy) is 1. The lowest BCUT2D eigenvalue weighted by Gasteiger charge is -2.56. The zero-order chi connectivity index (χ0) is 36.2. The molecule has 4 saturated carbocycles. The van der Waals surface area contributed by atoms with Crippen LogP contribution in [-0.4, -0.2) is 23.1 Å². The number of esters is 1. The number of unbranched alkanes of at least 4 members (excludes halogenated alkanes) is 3. The highest BCUT2D eigenvalue weighted by atomic mass is 32.3. The van der Waals surface area contributed by atoms with E-state index in [9.17, 15) is 4.79 Å². The molecular formula is C54H48O2S. The van der Waals surface area contributed by atoms with Crippen molar-refractivity contribution in [1.82, 2.24) is 0 Å². The molecule has 4 aliphatic heterocycles. The van der Waals surface area contributed by atoms with Gasteiger partial charge in [-0.25, -0.2) is 9.16 Å². The highest BCUT2D eigenvalue weighted by Crippen LogP contribution is 3.46. The van der Waals surface area contributed by atoms with Gasteiger partial charge in [0.05, 0.1) is 6.61 Å². The van der Waals surface area contributed by atoms with Crippen LogP contribution in [-0.2, 0) is 19.0 Å². The van der Waals surface area contributed by atoms with Crippen LogP contribution in [0.2, 0.25) is 0 Å². The fraction of sp³-hybridized carbons (Fsp3) is 0.537. The van der Waals surface area contributed by atoms with E-state index in [1.807, 2.05) is 71.7 Å². The molecule has 3 spiro atoms. The minimum absolute atomic E-state index is 0.0599. The fourth-order valence-electron chi connectivity index (χ4n) is 23.0. The predicted octanol–water partition coefficient (Wildman–Crippen LogP) is 8.53. The Hall–Kier alpha value is -3.48. The van der Waals surface area contributed by atoms with Gasteiger partial charge in [-0.2, -0.15) is 0 Å². The van der Waals surface area contributed by atoms with Crippen molar-refractivity contribution in [2.24, 2.45) is 65.1 Å². The topological polar surface area (TPSA) is 26.3 Å². The molecule has 0 bridgehead atoms. The van der Waals surface area contributed by atoms with Crippen molar-refractivity contribution >= 4 is 37.4 Å². The van der Waals surface area contributed by atoms with Gasteiger partial charge in [0.25, 0.3) is 0 Å². The van der Waals surface area contributed by atoms with E-state index in [1.54, 1.807) is 16.9 Å². The Morgan fingerprint density at radius 2 is 1.82 bits per heavy atom. The van der Waals surface area contributed by atoms with Crippen LogP contribution in [0.15, 0.2) is 63.6 Å². The molecule has 7 fully saturated rings. The second kappa shape index (κ2) is 7.82. The Morgan fingerprint density at radius 1 is 0.895 bits per heavy atom. The van der Waals surface area contributed by atoms with Gasteiger partial charge in [0.2, 0.25) is 0 Å². The van der Waals surface area contributed by atoms with Gasteiger partial charge < -0.3 is 4.74 Å². The van der Waals surface area contributed by atoms with Crippen LogP contribution < -0.4 is 10.4 Å². The Bertz CT molecular complexity index is 3040. The lowest BCUT2D eigenvalue weighted by molar-refractivity contribution is -0.143. The third kappa shape index (κ3) is 2.01. The van der Waals surface area contributed by atoms with Crippen molar-refractivity contribution in [3.8, 4) is 11.8 Å². The number of rotatable bonds is 10. The summed E-state index contributed by atoms with van der Waals surface area (Å²) in [5.74, 6) is 18.4. The number of hydrogen-bond donors (Lipinski definition) is 1. The van der Waals surface area contributed by atoms with E-state index >= 15 is 0 Å². The minimum Gasteiger partial charge on any atom is -0.466 e. The maximum atomic E-state index is 13.5. The van der Waals surface area contributed by atoms with Crippen LogP contribution >= 0.6 is 9.16 Å². The highest BCUT2D eigenvalue weighted by molar-refractivity contribution is 8.68. The van der Waals surface area contributed by atoms with Gasteiger partial charge in [-0.05, 0) is 157 Å². The largest absolute Gasteiger partial charge is 0.466 e. The molecule has 3 saturated heterocycles. The molecule has 15 unspecified atom stereocenters. The van der Waals surface area contributed by atoms with E-state index in [2.05, 4.69) is 60.1 Å². The maximum Gasteiger partial charge on any atom is 0.305 e. The fourth-order valence-corrected chi connectivity index (χ4v) is 37.6. The van der Waals surface area contributed by atoms with Gasteiger partial charge in [0.15, 0.2) is 0 Å². The van der Waals surface area contributed by atoms with Crippen LogP contribution in [0.4, 0.5) is 0 Å². The van der Waals surface area contributed by atoms with E-state index in [-0.39, 0.29) is 10.7 Å². The molecule has 4 heterocycles. The van der Waals surface area contributed by atoms with E-state index in [4.69, 9.17) is 4.74 Å². The van der Waals surface area contributed by atoms with Gasteiger partial charge in [0, 0.05) is 56.2 Å². The quantitative estimate of drug-likeness (QED) is 0.0657. The zero-order valence-electron chi connectivity index (χ0n) is 32.8. The number of carbonyl (C=O) groups excluding carboxylic acids is 1. The Balaban J connectivity index is 0.911. The molecule has 0 radical (unpaired) electrons. The summed E-state index contributed by atoms with van der Waals surface area (Å²) in [6.07, 6.45) is 15.8. The molecule has 19 rings (SSSR count). The second-order valence-electron chi connectivity index (χ2n) is 22.8. The van der Waals surface area contributed by atoms with Gasteiger partial charge in [-0.15, -0.1) is 0 Å². The Labute approximate surface area is 334 Å². The SMILES string of the molecule is CCCCCCOC(=O)CCCC1(c2ccccc2)C23C4C5=c6c7c8c9c%10c6=C(C5)C5C#CC6CC%11=CC%12C%13CCC%14C[SH]12(C1=C8C2=C(C%12C%11C(=C29)C6C%105)C%13C1%14)C743. The third-order valence-electron chi connectivity index (χ3n) is 22.7. The number of thiol groups is 1. The van der Waals surface area contributed by atoms with Crippen LogP contribution in [0.1, 0.15) is 111 Å². The van der Waals surface area contributed by atoms with Gasteiger partial charge in [-0.1, -0.05) is 91.2 Å². The third-order valence-corrected chi connectivity index (χ3v) is 32.5. The van der Waals surface area contributed by atoms with Gasteiger partial charge >= 0.3 is 5.97 Å². The van der Waals surface area contributed by atoms with Crippen molar-refractivity contribution in [3.63, 3.8) is 0 Å². The van der Waals surface area contributed by atoms with E-state index in [0.717, 1.165) is 54.3 Å². The smallest absolute Gasteiger partial charge is 0.305 e. The molecule has 2 aromatic carbocycles. The zero-order valence-corrected chi connectivity index (χ0v) is 33.7.